The van der Waals surface area contributed by atoms with Crippen molar-refractivity contribution >= 4 is 5.91 Å². The van der Waals surface area contributed by atoms with Crippen LogP contribution in [0.1, 0.15) is 49.2 Å². The van der Waals surface area contributed by atoms with Crippen LogP contribution in [0.5, 0.6) is 0 Å². The van der Waals surface area contributed by atoms with Gasteiger partial charge in [0.2, 0.25) is 0 Å². The van der Waals surface area contributed by atoms with Gasteiger partial charge in [-0.05, 0) is 38.0 Å². The number of aryl methyl sites for hydroxylation is 1. The van der Waals surface area contributed by atoms with Gasteiger partial charge in [-0.25, -0.2) is 0 Å². The maximum Gasteiger partial charge on any atom is 0.259 e. The van der Waals surface area contributed by atoms with Crippen LogP contribution >= 0.6 is 0 Å². The van der Waals surface area contributed by atoms with Gasteiger partial charge in [-0.2, -0.15) is 0 Å². The second kappa shape index (κ2) is 8.08. The fourth-order valence-electron chi connectivity index (χ4n) is 4.31. The van der Waals surface area contributed by atoms with Crippen molar-refractivity contribution in [3.63, 3.8) is 0 Å². The van der Waals surface area contributed by atoms with Crippen molar-refractivity contribution in [1.29, 1.82) is 0 Å². The van der Waals surface area contributed by atoms with Crippen LogP contribution in [0, 0.1) is 18.8 Å². The molecule has 1 aromatic carbocycles. The third-order valence-electron chi connectivity index (χ3n) is 6.12. The lowest BCUT2D eigenvalue weighted by Crippen LogP contribution is -2.46. The molecule has 1 saturated heterocycles. The average Bonchev–Trinajstić information content (AvgIpc) is 3.46. The lowest BCUT2D eigenvalue weighted by Gasteiger charge is -2.34. The summed E-state index contributed by atoms with van der Waals surface area (Å²) >= 11 is 0. The third kappa shape index (κ3) is 4.00. The van der Waals surface area contributed by atoms with Crippen LogP contribution in [0.4, 0.5) is 0 Å². The van der Waals surface area contributed by atoms with Crippen molar-refractivity contribution in [2.75, 3.05) is 26.2 Å². The third-order valence-corrected chi connectivity index (χ3v) is 6.12. The summed E-state index contributed by atoms with van der Waals surface area (Å²) in [5, 5.41) is 4.21. The van der Waals surface area contributed by atoms with E-state index in [1.807, 2.05) is 42.2 Å². The molecule has 0 radical (unpaired) electrons. The molecule has 2 heterocycles. The maximum absolute atomic E-state index is 13.5. The topological polar surface area (TPSA) is 49.6 Å². The number of hydrogen-bond donors (Lipinski definition) is 0. The maximum atomic E-state index is 13.5. The molecule has 1 atom stereocenters. The molecule has 1 saturated carbocycles. The molecule has 4 rings (SSSR count). The Labute approximate surface area is 167 Å². The van der Waals surface area contributed by atoms with Crippen LogP contribution in [0.2, 0.25) is 0 Å². The zero-order chi connectivity index (χ0) is 19.7. The summed E-state index contributed by atoms with van der Waals surface area (Å²) in [5.74, 6) is 2.04. The van der Waals surface area contributed by atoms with E-state index in [-0.39, 0.29) is 5.91 Å². The first-order chi connectivity index (χ1) is 13.5. The Morgan fingerprint density at radius 3 is 2.64 bits per heavy atom. The van der Waals surface area contributed by atoms with E-state index >= 15 is 0 Å². The molecule has 150 valence electrons. The molecule has 0 bridgehead atoms. The molecular formula is C23H31N3O2. The van der Waals surface area contributed by atoms with Gasteiger partial charge in [0.05, 0.1) is 0 Å². The lowest BCUT2D eigenvalue weighted by molar-refractivity contribution is 0.0703. The smallest absolute Gasteiger partial charge is 0.259 e. The molecule has 2 aromatic rings. The van der Waals surface area contributed by atoms with Gasteiger partial charge in [0, 0.05) is 37.8 Å². The molecule has 2 fully saturated rings. The second-order valence-corrected chi connectivity index (χ2v) is 8.68. The average molecular weight is 382 g/mol. The summed E-state index contributed by atoms with van der Waals surface area (Å²) in [6.07, 6.45) is 3.75. The summed E-state index contributed by atoms with van der Waals surface area (Å²) in [6.45, 7) is 10.2. The number of amides is 1. The van der Waals surface area contributed by atoms with Crippen molar-refractivity contribution in [2.45, 2.75) is 46.1 Å². The minimum absolute atomic E-state index is 0.0523. The van der Waals surface area contributed by atoms with Crippen LogP contribution in [0.3, 0.4) is 0 Å². The first-order valence-corrected chi connectivity index (χ1v) is 10.6. The van der Waals surface area contributed by atoms with Gasteiger partial charge >= 0.3 is 0 Å². The molecule has 1 aliphatic carbocycles. The number of hydrogen-bond acceptors (Lipinski definition) is 4. The fourth-order valence-corrected chi connectivity index (χ4v) is 4.31. The van der Waals surface area contributed by atoms with Crippen LogP contribution in [-0.4, -0.2) is 53.1 Å². The Morgan fingerprint density at radius 1 is 1.21 bits per heavy atom. The predicted molar refractivity (Wildman–Crippen MR) is 110 cm³/mol. The minimum Gasteiger partial charge on any atom is -0.360 e. The quantitative estimate of drug-likeness (QED) is 0.778. The van der Waals surface area contributed by atoms with Crippen molar-refractivity contribution in [1.82, 2.24) is 15.0 Å². The van der Waals surface area contributed by atoms with Gasteiger partial charge in [0.1, 0.15) is 17.0 Å². The standard InChI is InChI=1S/C23H31N3O2/c1-16(2)20-15-26(13-7-12-25(20)14-18-10-11-18)23(27)21-17(3)28-24-22(21)19-8-5-4-6-9-19/h4-6,8-9,16,18,20H,7,10-15H2,1-3H3/t20-/m0/s1. The first-order valence-electron chi connectivity index (χ1n) is 10.6. The van der Waals surface area contributed by atoms with Gasteiger partial charge in [-0.1, -0.05) is 49.3 Å². The normalized spacial score (nSPS) is 21.1. The highest BCUT2D eigenvalue weighted by Crippen LogP contribution is 2.32. The largest absolute Gasteiger partial charge is 0.360 e. The Morgan fingerprint density at radius 2 is 1.96 bits per heavy atom. The zero-order valence-electron chi connectivity index (χ0n) is 17.2. The first kappa shape index (κ1) is 19.2. The van der Waals surface area contributed by atoms with E-state index in [9.17, 15) is 4.79 Å². The van der Waals surface area contributed by atoms with E-state index < -0.39 is 0 Å². The number of carbonyl (C=O) groups is 1. The van der Waals surface area contributed by atoms with E-state index in [1.165, 1.54) is 19.4 Å². The summed E-state index contributed by atoms with van der Waals surface area (Å²) < 4.78 is 5.44. The highest BCUT2D eigenvalue weighted by Gasteiger charge is 2.35. The molecule has 5 heteroatoms. The van der Waals surface area contributed by atoms with Crippen LogP contribution in [-0.2, 0) is 0 Å². The summed E-state index contributed by atoms with van der Waals surface area (Å²) in [6, 6.07) is 10.3. The van der Waals surface area contributed by atoms with E-state index in [0.29, 0.717) is 29.0 Å². The fraction of sp³-hybridized carbons (Fsp3) is 0.565. The summed E-state index contributed by atoms with van der Waals surface area (Å²) in [5.41, 5.74) is 2.20. The highest BCUT2D eigenvalue weighted by atomic mass is 16.5. The van der Waals surface area contributed by atoms with Gasteiger partial charge < -0.3 is 9.42 Å². The van der Waals surface area contributed by atoms with E-state index in [1.54, 1.807) is 0 Å². The molecule has 1 amide bonds. The van der Waals surface area contributed by atoms with Crippen molar-refractivity contribution in [3.05, 3.63) is 41.7 Å². The molecule has 0 unspecified atom stereocenters. The zero-order valence-corrected chi connectivity index (χ0v) is 17.2. The lowest BCUT2D eigenvalue weighted by atomic mass is 10.0. The van der Waals surface area contributed by atoms with Crippen molar-refractivity contribution < 1.29 is 9.32 Å². The molecular weight excluding hydrogens is 350 g/mol. The van der Waals surface area contributed by atoms with E-state index in [2.05, 4.69) is 23.9 Å². The summed E-state index contributed by atoms with van der Waals surface area (Å²) in [7, 11) is 0. The predicted octanol–water partition coefficient (Wildman–Crippen LogP) is 4.23. The Bertz CT molecular complexity index is 811. The van der Waals surface area contributed by atoms with Gasteiger partial charge in [0.25, 0.3) is 5.91 Å². The monoisotopic (exact) mass is 381 g/mol. The Hall–Kier alpha value is -2.14. The van der Waals surface area contributed by atoms with E-state index in [4.69, 9.17) is 4.52 Å². The van der Waals surface area contributed by atoms with E-state index in [0.717, 1.165) is 37.5 Å². The van der Waals surface area contributed by atoms with Crippen molar-refractivity contribution in [3.8, 4) is 11.3 Å². The number of rotatable bonds is 5. The van der Waals surface area contributed by atoms with Gasteiger partial charge in [-0.3, -0.25) is 9.69 Å². The molecule has 28 heavy (non-hydrogen) atoms. The van der Waals surface area contributed by atoms with Gasteiger partial charge in [-0.15, -0.1) is 0 Å². The highest BCUT2D eigenvalue weighted by molar-refractivity contribution is 6.00. The Kier molecular flexibility index (Phi) is 5.54. The van der Waals surface area contributed by atoms with Crippen molar-refractivity contribution in [2.24, 2.45) is 11.8 Å². The second-order valence-electron chi connectivity index (χ2n) is 8.68. The van der Waals surface area contributed by atoms with Gasteiger partial charge in [0.15, 0.2) is 0 Å². The van der Waals surface area contributed by atoms with Crippen LogP contribution < -0.4 is 0 Å². The van der Waals surface area contributed by atoms with Crippen LogP contribution in [0.15, 0.2) is 34.9 Å². The molecule has 5 nitrogen and oxygen atoms in total. The SMILES string of the molecule is Cc1onc(-c2ccccc2)c1C(=O)N1CCCN(CC2CC2)[C@H](C(C)C)C1. The molecule has 0 N–H and O–H groups in total. The number of aromatic nitrogens is 1. The number of nitrogens with zero attached hydrogens (tertiary/aromatic N) is 3. The Balaban J connectivity index is 1.58. The molecule has 1 aliphatic heterocycles. The number of benzene rings is 1. The minimum atomic E-state index is 0.0523. The number of carbonyl (C=O) groups excluding carboxylic acids is 1. The molecule has 1 aromatic heterocycles. The molecule has 0 spiro atoms. The summed E-state index contributed by atoms with van der Waals surface area (Å²) in [4.78, 5) is 18.2. The molecule has 2 aliphatic rings. The van der Waals surface area contributed by atoms with Crippen LogP contribution in [0.25, 0.3) is 11.3 Å².